The van der Waals surface area contributed by atoms with Crippen molar-refractivity contribution < 1.29 is 9.53 Å². The van der Waals surface area contributed by atoms with Crippen molar-refractivity contribution in [2.75, 3.05) is 26.7 Å². The zero-order valence-corrected chi connectivity index (χ0v) is 8.30. The van der Waals surface area contributed by atoms with Crippen molar-refractivity contribution in [1.29, 1.82) is 0 Å². The van der Waals surface area contributed by atoms with Crippen LogP contribution in [-0.4, -0.2) is 37.6 Å². The Bertz CT molecular complexity index is 126. The summed E-state index contributed by atoms with van der Waals surface area (Å²) in [5, 5.41) is 0. The monoisotopic (exact) mass is 173 g/mol. The van der Waals surface area contributed by atoms with E-state index in [-0.39, 0.29) is 5.97 Å². The molecule has 0 saturated heterocycles. The van der Waals surface area contributed by atoms with Crippen LogP contribution >= 0.6 is 0 Å². The van der Waals surface area contributed by atoms with Gasteiger partial charge >= 0.3 is 5.97 Å². The number of likely N-dealkylation sites (N-methyl/N-ethyl adjacent to an activating group) is 1. The molecular weight excluding hydrogens is 154 g/mol. The topological polar surface area (TPSA) is 29.5 Å². The minimum Gasteiger partial charge on any atom is -0.465 e. The molecule has 0 heterocycles. The number of carbonyl (C=O) groups is 1. The lowest BCUT2D eigenvalue weighted by Gasteiger charge is -2.15. The molecule has 0 rings (SSSR count). The van der Waals surface area contributed by atoms with Gasteiger partial charge in [0.25, 0.3) is 0 Å². The number of hydrogen-bond donors (Lipinski definition) is 0. The molecule has 0 saturated carbocycles. The van der Waals surface area contributed by atoms with Gasteiger partial charge in [-0.2, -0.15) is 0 Å². The molecule has 0 aromatic carbocycles. The Balaban J connectivity index is 3.19. The molecule has 0 aliphatic heterocycles. The van der Waals surface area contributed by atoms with Crippen LogP contribution < -0.4 is 0 Å². The fraction of sp³-hybridized carbons (Fsp3) is 0.889. The Morgan fingerprint density at radius 3 is 2.58 bits per heavy atom. The highest BCUT2D eigenvalue weighted by Crippen LogP contribution is 1.91. The van der Waals surface area contributed by atoms with Crippen LogP contribution in [0.3, 0.4) is 0 Å². The highest BCUT2D eigenvalue weighted by molar-refractivity contribution is 5.65. The molecule has 0 N–H and O–H groups in total. The van der Waals surface area contributed by atoms with Gasteiger partial charge in [0.15, 0.2) is 0 Å². The molecule has 0 aliphatic carbocycles. The maximum absolute atomic E-state index is 10.4. The lowest BCUT2D eigenvalue weighted by molar-refractivity contribution is -0.141. The van der Waals surface area contributed by atoms with Gasteiger partial charge in [-0.3, -0.25) is 4.79 Å². The van der Waals surface area contributed by atoms with E-state index in [1.54, 1.807) is 0 Å². The molecule has 3 heteroatoms. The number of rotatable bonds is 6. The molecule has 0 fully saturated rings. The summed E-state index contributed by atoms with van der Waals surface area (Å²) >= 11 is 0. The molecule has 0 aliphatic rings. The van der Waals surface area contributed by atoms with Gasteiger partial charge in [0, 0.05) is 13.5 Å². The maximum atomic E-state index is 10.4. The van der Waals surface area contributed by atoms with Crippen LogP contribution in [0.5, 0.6) is 0 Å². The van der Waals surface area contributed by atoms with E-state index in [1.165, 1.54) is 19.8 Å². The summed E-state index contributed by atoms with van der Waals surface area (Å²) in [4.78, 5) is 12.6. The fourth-order valence-corrected chi connectivity index (χ4v) is 0.885. The third-order valence-corrected chi connectivity index (χ3v) is 1.67. The summed E-state index contributed by atoms with van der Waals surface area (Å²) in [6.45, 7) is 6.03. The second-order valence-corrected chi connectivity index (χ2v) is 3.00. The minimum atomic E-state index is -0.195. The van der Waals surface area contributed by atoms with Gasteiger partial charge < -0.3 is 9.64 Å². The van der Waals surface area contributed by atoms with Gasteiger partial charge in [0.2, 0.25) is 0 Å². The van der Waals surface area contributed by atoms with E-state index in [4.69, 9.17) is 4.74 Å². The molecular formula is C9H19NO2. The standard InChI is InChI=1S/C9H19NO2/c1-4-5-6-10(3)7-8-12-9(2)11/h4-8H2,1-3H3. The molecule has 72 valence electrons. The Morgan fingerprint density at radius 2 is 2.08 bits per heavy atom. The molecule has 0 aromatic rings. The SMILES string of the molecule is CCCCN(C)CCOC(C)=O. The number of hydrogen-bond acceptors (Lipinski definition) is 3. The Hall–Kier alpha value is -0.570. The summed E-state index contributed by atoms with van der Waals surface area (Å²) in [6, 6.07) is 0. The summed E-state index contributed by atoms with van der Waals surface area (Å²) in [6.07, 6.45) is 2.41. The fourth-order valence-electron chi connectivity index (χ4n) is 0.885. The molecule has 0 bridgehead atoms. The lowest BCUT2D eigenvalue weighted by Crippen LogP contribution is -2.24. The van der Waals surface area contributed by atoms with Crippen molar-refractivity contribution in [3.05, 3.63) is 0 Å². The van der Waals surface area contributed by atoms with Crippen molar-refractivity contribution >= 4 is 5.97 Å². The molecule has 0 atom stereocenters. The van der Waals surface area contributed by atoms with Crippen molar-refractivity contribution in [1.82, 2.24) is 4.90 Å². The molecule has 12 heavy (non-hydrogen) atoms. The van der Waals surface area contributed by atoms with Crippen molar-refractivity contribution in [3.8, 4) is 0 Å². The van der Waals surface area contributed by atoms with Crippen molar-refractivity contribution in [2.45, 2.75) is 26.7 Å². The summed E-state index contributed by atoms with van der Waals surface area (Å²) in [7, 11) is 2.04. The lowest BCUT2D eigenvalue weighted by atomic mass is 10.3. The number of carbonyl (C=O) groups excluding carboxylic acids is 1. The van der Waals surface area contributed by atoms with Crippen molar-refractivity contribution in [2.24, 2.45) is 0 Å². The Kier molecular flexibility index (Phi) is 6.76. The zero-order chi connectivity index (χ0) is 9.40. The van der Waals surface area contributed by atoms with Gasteiger partial charge in [0.05, 0.1) is 0 Å². The Labute approximate surface area is 74.7 Å². The second-order valence-electron chi connectivity index (χ2n) is 3.00. The van der Waals surface area contributed by atoms with E-state index in [2.05, 4.69) is 11.8 Å². The van der Waals surface area contributed by atoms with Gasteiger partial charge in [-0.05, 0) is 20.0 Å². The number of unbranched alkanes of at least 4 members (excludes halogenated alkanes) is 1. The minimum absolute atomic E-state index is 0.195. The number of ether oxygens (including phenoxy) is 1. The summed E-state index contributed by atoms with van der Waals surface area (Å²) < 4.78 is 4.81. The first-order chi connectivity index (χ1) is 5.66. The summed E-state index contributed by atoms with van der Waals surface area (Å²) in [5.41, 5.74) is 0. The van der Waals surface area contributed by atoms with Crippen LogP contribution in [0, 0.1) is 0 Å². The van der Waals surface area contributed by atoms with E-state index < -0.39 is 0 Å². The smallest absolute Gasteiger partial charge is 0.302 e. The van der Waals surface area contributed by atoms with Crippen LogP contribution in [-0.2, 0) is 9.53 Å². The highest BCUT2D eigenvalue weighted by Gasteiger charge is 1.98. The van der Waals surface area contributed by atoms with Crippen LogP contribution in [0.25, 0.3) is 0 Å². The highest BCUT2D eigenvalue weighted by atomic mass is 16.5. The first-order valence-corrected chi connectivity index (χ1v) is 4.48. The molecule has 0 radical (unpaired) electrons. The van der Waals surface area contributed by atoms with Gasteiger partial charge in [-0.15, -0.1) is 0 Å². The van der Waals surface area contributed by atoms with Crippen molar-refractivity contribution in [3.63, 3.8) is 0 Å². The van der Waals surface area contributed by atoms with Gasteiger partial charge in [0.1, 0.15) is 6.61 Å². The number of esters is 1. The first-order valence-electron chi connectivity index (χ1n) is 4.48. The first kappa shape index (κ1) is 11.4. The van der Waals surface area contributed by atoms with Crippen LogP contribution in [0.2, 0.25) is 0 Å². The quantitative estimate of drug-likeness (QED) is 0.567. The van der Waals surface area contributed by atoms with E-state index in [9.17, 15) is 4.79 Å². The zero-order valence-electron chi connectivity index (χ0n) is 8.30. The predicted molar refractivity (Wildman–Crippen MR) is 49.0 cm³/mol. The van der Waals surface area contributed by atoms with E-state index in [1.807, 2.05) is 7.05 Å². The largest absolute Gasteiger partial charge is 0.465 e. The van der Waals surface area contributed by atoms with Gasteiger partial charge in [-0.25, -0.2) is 0 Å². The van der Waals surface area contributed by atoms with Crippen LogP contribution in [0.1, 0.15) is 26.7 Å². The predicted octanol–water partition coefficient (Wildman–Crippen LogP) is 1.28. The van der Waals surface area contributed by atoms with E-state index in [0.717, 1.165) is 13.1 Å². The normalized spacial score (nSPS) is 10.3. The van der Waals surface area contributed by atoms with Gasteiger partial charge in [-0.1, -0.05) is 13.3 Å². The third-order valence-electron chi connectivity index (χ3n) is 1.67. The third kappa shape index (κ3) is 7.54. The van der Waals surface area contributed by atoms with E-state index in [0.29, 0.717) is 6.61 Å². The van der Waals surface area contributed by atoms with E-state index >= 15 is 0 Å². The molecule has 3 nitrogen and oxygen atoms in total. The Morgan fingerprint density at radius 1 is 1.42 bits per heavy atom. The second kappa shape index (κ2) is 7.10. The molecule has 0 unspecified atom stereocenters. The maximum Gasteiger partial charge on any atom is 0.302 e. The average Bonchev–Trinajstić information content (AvgIpc) is 2.00. The number of nitrogens with zero attached hydrogens (tertiary/aromatic N) is 1. The van der Waals surface area contributed by atoms with Crippen LogP contribution in [0.15, 0.2) is 0 Å². The summed E-state index contributed by atoms with van der Waals surface area (Å²) in [5.74, 6) is -0.195. The molecule has 0 spiro atoms. The molecule has 0 amide bonds. The van der Waals surface area contributed by atoms with Crippen LogP contribution in [0.4, 0.5) is 0 Å². The molecule has 0 aromatic heterocycles. The average molecular weight is 173 g/mol.